The number of halogens is 1. The molecule has 0 aliphatic heterocycles. The van der Waals surface area contributed by atoms with Crippen molar-refractivity contribution < 1.29 is 9.13 Å². The van der Waals surface area contributed by atoms with Crippen LogP contribution in [-0.4, -0.2) is 22.9 Å². The third kappa shape index (κ3) is 4.29. The Bertz CT molecular complexity index is 583. The van der Waals surface area contributed by atoms with Crippen molar-refractivity contribution >= 4 is 0 Å². The van der Waals surface area contributed by atoms with E-state index in [4.69, 9.17) is 4.74 Å². The lowest BCUT2D eigenvalue weighted by atomic mass is 10.1. The van der Waals surface area contributed by atoms with Gasteiger partial charge in [0.25, 0.3) is 0 Å². The van der Waals surface area contributed by atoms with E-state index in [1.165, 1.54) is 6.07 Å². The molecule has 1 N–H and O–H groups in total. The average molecular weight is 291 g/mol. The molecule has 0 bridgehead atoms. The molecular weight excluding hydrogens is 269 g/mol. The van der Waals surface area contributed by atoms with E-state index >= 15 is 0 Å². The van der Waals surface area contributed by atoms with Crippen molar-refractivity contribution in [2.45, 2.75) is 26.3 Å². The van der Waals surface area contributed by atoms with Crippen LogP contribution in [0.15, 0.2) is 30.6 Å². The van der Waals surface area contributed by atoms with Gasteiger partial charge in [0.15, 0.2) is 0 Å². The Morgan fingerprint density at radius 3 is 2.86 bits per heavy atom. The fourth-order valence-electron chi connectivity index (χ4n) is 2.25. The van der Waals surface area contributed by atoms with Gasteiger partial charge in [-0.05, 0) is 25.1 Å². The van der Waals surface area contributed by atoms with Crippen LogP contribution in [0.1, 0.15) is 31.0 Å². The summed E-state index contributed by atoms with van der Waals surface area (Å²) < 4.78 is 21.4. The first-order valence-electron chi connectivity index (χ1n) is 7.23. The van der Waals surface area contributed by atoms with Gasteiger partial charge in [-0.1, -0.05) is 13.0 Å². The number of hydrogen-bond acceptors (Lipinski definition) is 3. The number of nitrogens with zero attached hydrogens (tertiary/aromatic N) is 2. The van der Waals surface area contributed by atoms with Gasteiger partial charge < -0.3 is 10.1 Å². The van der Waals surface area contributed by atoms with E-state index in [0.29, 0.717) is 17.9 Å². The highest BCUT2D eigenvalue weighted by atomic mass is 19.1. The van der Waals surface area contributed by atoms with E-state index in [0.717, 1.165) is 18.5 Å². The second kappa shape index (κ2) is 7.22. The molecule has 114 valence electrons. The number of aryl methyl sites for hydroxylation is 1. The summed E-state index contributed by atoms with van der Waals surface area (Å²) in [5.41, 5.74) is 1.77. The van der Waals surface area contributed by atoms with E-state index in [1.54, 1.807) is 10.7 Å². The molecule has 1 atom stereocenters. The van der Waals surface area contributed by atoms with Gasteiger partial charge in [0.1, 0.15) is 11.6 Å². The van der Waals surface area contributed by atoms with Crippen LogP contribution < -0.4 is 10.1 Å². The number of ether oxygens (including phenoxy) is 1. The molecule has 0 saturated carbocycles. The van der Waals surface area contributed by atoms with Crippen molar-refractivity contribution in [2.24, 2.45) is 7.05 Å². The van der Waals surface area contributed by atoms with Crippen molar-refractivity contribution in [3.63, 3.8) is 0 Å². The second-order valence-corrected chi connectivity index (χ2v) is 5.08. The summed E-state index contributed by atoms with van der Waals surface area (Å²) in [6.45, 7) is 5.27. The third-order valence-corrected chi connectivity index (χ3v) is 3.37. The fourth-order valence-corrected chi connectivity index (χ4v) is 2.25. The predicted molar refractivity (Wildman–Crippen MR) is 80.9 cm³/mol. The zero-order valence-corrected chi connectivity index (χ0v) is 12.8. The van der Waals surface area contributed by atoms with Crippen molar-refractivity contribution in [2.75, 3.05) is 13.2 Å². The van der Waals surface area contributed by atoms with Gasteiger partial charge >= 0.3 is 0 Å². The van der Waals surface area contributed by atoms with E-state index < -0.39 is 0 Å². The van der Waals surface area contributed by atoms with Gasteiger partial charge in [-0.25, -0.2) is 4.39 Å². The highest BCUT2D eigenvalue weighted by Gasteiger charge is 2.10. The first-order valence-corrected chi connectivity index (χ1v) is 7.23. The molecule has 0 amide bonds. The van der Waals surface area contributed by atoms with E-state index in [1.807, 2.05) is 39.4 Å². The molecule has 0 spiro atoms. The Morgan fingerprint density at radius 2 is 2.24 bits per heavy atom. The number of rotatable bonds is 7. The van der Waals surface area contributed by atoms with Crippen molar-refractivity contribution in [1.82, 2.24) is 15.1 Å². The Labute approximate surface area is 124 Å². The van der Waals surface area contributed by atoms with Crippen molar-refractivity contribution in [3.8, 4) is 5.75 Å². The fraction of sp³-hybridized carbons (Fsp3) is 0.438. The summed E-state index contributed by atoms with van der Waals surface area (Å²) in [5, 5.41) is 7.30. The van der Waals surface area contributed by atoms with Crippen LogP contribution in [0, 0.1) is 5.82 Å². The Morgan fingerprint density at radius 1 is 1.43 bits per heavy atom. The van der Waals surface area contributed by atoms with Crippen LogP contribution in [0.25, 0.3) is 0 Å². The summed E-state index contributed by atoms with van der Waals surface area (Å²) in [4.78, 5) is 0. The van der Waals surface area contributed by atoms with Crippen LogP contribution in [0.2, 0.25) is 0 Å². The molecule has 1 aromatic carbocycles. The maximum atomic E-state index is 14.0. The summed E-state index contributed by atoms with van der Waals surface area (Å²) in [6, 6.07) is 5.05. The maximum absolute atomic E-state index is 14.0. The van der Waals surface area contributed by atoms with Gasteiger partial charge in [-0.3, -0.25) is 4.68 Å². The van der Waals surface area contributed by atoms with Crippen molar-refractivity contribution in [3.05, 3.63) is 47.5 Å². The summed E-state index contributed by atoms with van der Waals surface area (Å²) in [5.74, 6) is 0.325. The zero-order valence-electron chi connectivity index (χ0n) is 12.8. The smallest absolute Gasteiger partial charge is 0.131 e. The number of hydrogen-bond donors (Lipinski definition) is 1. The lowest BCUT2D eigenvalue weighted by Gasteiger charge is -2.14. The molecule has 4 nitrogen and oxygen atoms in total. The average Bonchev–Trinajstić information content (AvgIpc) is 2.85. The van der Waals surface area contributed by atoms with Crippen molar-refractivity contribution in [1.29, 1.82) is 0 Å². The summed E-state index contributed by atoms with van der Waals surface area (Å²) in [6.07, 6.45) is 4.52. The highest BCUT2D eigenvalue weighted by Crippen LogP contribution is 2.22. The molecule has 21 heavy (non-hydrogen) atoms. The lowest BCUT2D eigenvalue weighted by molar-refractivity contribution is 0.319. The highest BCUT2D eigenvalue weighted by molar-refractivity contribution is 5.30. The SMILES string of the molecule is CCNC(C)c1ccc(OCCc2cnn(C)c2)cc1F. The lowest BCUT2D eigenvalue weighted by Crippen LogP contribution is -2.18. The van der Waals surface area contributed by atoms with Crippen LogP contribution >= 0.6 is 0 Å². The molecule has 2 rings (SSSR count). The molecular formula is C16H22FN3O. The summed E-state index contributed by atoms with van der Waals surface area (Å²) >= 11 is 0. The molecule has 0 saturated heterocycles. The van der Waals surface area contributed by atoms with Crippen LogP contribution in [-0.2, 0) is 13.5 Å². The Hall–Kier alpha value is -1.88. The number of benzene rings is 1. The second-order valence-electron chi connectivity index (χ2n) is 5.08. The molecule has 1 heterocycles. The molecule has 0 aliphatic carbocycles. The Kier molecular flexibility index (Phi) is 5.33. The Balaban J connectivity index is 1.91. The molecule has 0 fully saturated rings. The maximum Gasteiger partial charge on any atom is 0.131 e. The van der Waals surface area contributed by atoms with Crippen LogP contribution in [0.3, 0.4) is 0 Å². The molecule has 1 aromatic heterocycles. The first kappa shape index (κ1) is 15.5. The molecule has 2 aromatic rings. The zero-order chi connectivity index (χ0) is 15.2. The third-order valence-electron chi connectivity index (χ3n) is 3.37. The molecule has 1 unspecified atom stereocenters. The predicted octanol–water partition coefficient (Wildman–Crippen LogP) is 2.85. The van der Waals surface area contributed by atoms with Gasteiger partial charge in [0.2, 0.25) is 0 Å². The van der Waals surface area contributed by atoms with Gasteiger partial charge in [0.05, 0.1) is 12.8 Å². The quantitative estimate of drug-likeness (QED) is 0.852. The minimum atomic E-state index is -0.234. The summed E-state index contributed by atoms with van der Waals surface area (Å²) in [7, 11) is 1.88. The monoisotopic (exact) mass is 291 g/mol. The van der Waals surface area contributed by atoms with E-state index in [-0.39, 0.29) is 11.9 Å². The van der Waals surface area contributed by atoms with Crippen LogP contribution in [0.4, 0.5) is 4.39 Å². The number of nitrogens with one attached hydrogen (secondary N) is 1. The van der Waals surface area contributed by atoms with E-state index in [2.05, 4.69) is 10.4 Å². The molecule has 0 radical (unpaired) electrons. The van der Waals surface area contributed by atoms with E-state index in [9.17, 15) is 4.39 Å². The first-order chi connectivity index (χ1) is 10.1. The largest absolute Gasteiger partial charge is 0.493 e. The molecule has 0 aliphatic rings. The topological polar surface area (TPSA) is 39.1 Å². The van der Waals surface area contributed by atoms with Gasteiger partial charge in [0, 0.05) is 37.3 Å². The normalized spacial score (nSPS) is 12.4. The van der Waals surface area contributed by atoms with Gasteiger partial charge in [-0.15, -0.1) is 0 Å². The van der Waals surface area contributed by atoms with Crippen LogP contribution in [0.5, 0.6) is 5.75 Å². The minimum Gasteiger partial charge on any atom is -0.493 e. The standard InChI is InChI=1S/C16H22FN3O/c1-4-18-12(2)15-6-5-14(9-16(15)17)21-8-7-13-10-19-20(3)11-13/h5-6,9-12,18H,4,7-8H2,1-3H3. The van der Waals surface area contributed by atoms with Gasteiger partial charge in [-0.2, -0.15) is 5.10 Å². The minimum absolute atomic E-state index is 0.000516. The molecule has 5 heteroatoms. The number of aromatic nitrogens is 2.